The Hall–Kier alpha value is -3.00. The van der Waals surface area contributed by atoms with Crippen molar-refractivity contribution in [3.05, 3.63) is 75.3 Å². The third kappa shape index (κ3) is 4.15. The number of hydrogen-bond donors (Lipinski definition) is 0. The van der Waals surface area contributed by atoms with E-state index in [1.807, 2.05) is 31.2 Å². The highest BCUT2D eigenvalue weighted by Crippen LogP contribution is 2.23. The van der Waals surface area contributed by atoms with Crippen LogP contribution in [-0.2, 0) is 11.3 Å². The Labute approximate surface area is 154 Å². The van der Waals surface area contributed by atoms with Gasteiger partial charge in [0.1, 0.15) is 0 Å². The molecule has 0 atom stereocenters. The average molecular weight is 368 g/mol. The second-order valence-electron chi connectivity index (χ2n) is 5.67. The van der Waals surface area contributed by atoms with E-state index in [1.165, 1.54) is 30.1 Å². The molecule has 26 heavy (non-hydrogen) atoms. The van der Waals surface area contributed by atoms with Crippen molar-refractivity contribution in [1.82, 2.24) is 4.90 Å². The van der Waals surface area contributed by atoms with Crippen molar-refractivity contribution in [1.29, 1.82) is 0 Å². The van der Waals surface area contributed by atoms with Crippen molar-refractivity contribution in [2.75, 3.05) is 5.75 Å². The van der Waals surface area contributed by atoms with Crippen LogP contribution < -0.4 is 0 Å². The van der Waals surface area contributed by atoms with E-state index in [0.717, 1.165) is 11.1 Å². The number of thioether (sulfide) groups is 1. The number of nitrogens with zero attached hydrogens (tertiary/aromatic N) is 4. The van der Waals surface area contributed by atoms with Gasteiger partial charge >= 0.3 is 0 Å². The third-order valence-electron chi connectivity index (χ3n) is 3.88. The van der Waals surface area contributed by atoms with Crippen LogP contribution in [0.4, 0.5) is 5.69 Å². The molecule has 1 amide bonds. The SMILES string of the molecule is Cc1ccccc1CN1C(=O)CS/C1=N\N=C\c1cccc([N+](=O)[O-])c1. The van der Waals surface area contributed by atoms with Crippen LogP contribution in [0.3, 0.4) is 0 Å². The van der Waals surface area contributed by atoms with Crippen LogP contribution in [0.15, 0.2) is 58.7 Å². The van der Waals surface area contributed by atoms with Crippen molar-refractivity contribution >= 4 is 34.7 Å². The summed E-state index contributed by atoms with van der Waals surface area (Å²) in [5, 5.41) is 19.5. The van der Waals surface area contributed by atoms with Gasteiger partial charge in [-0.3, -0.25) is 19.8 Å². The first-order chi connectivity index (χ1) is 12.5. The van der Waals surface area contributed by atoms with Crippen LogP contribution in [0.1, 0.15) is 16.7 Å². The molecule has 1 heterocycles. The monoisotopic (exact) mass is 368 g/mol. The predicted molar refractivity (Wildman–Crippen MR) is 102 cm³/mol. The molecule has 0 saturated carbocycles. The molecule has 1 aliphatic heterocycles. The molecule has 0 aliphatic carbocycles. The van der Waals surface area contributed by atoms with Crippen LogP contribution >= 0.6 is 11.8 Å². The summed E-state index contributed by atoms with van der Waals surface area (Å²) in [6.45, 7) is 2.45. The summed E-state index contributed by atoms with van der Waals surface area (Å²) >= 11 is 1.33. The summed E-state index contributed by atoms with van der Waals surface area (Å²) in [5.74, 6) is 0.319. The summed E-state index contributed by atoms with van der Waals surface area (Å²) in [6, 6.07) is 14.0. The minimum Gasteiger partial charge on any atom is -0.285 e. The fourth-order valence-electron chi connectivity index (χ4n) is 2.45. The second-order valence-corrected chi connectivity index (χ2v) is 6.62. The summed E-state index contributed by atoms with van der Waals surface area (Å²) in [6.07, 6.45) is 1.44. The summed E-state index contributed by atoms with van der Waals surface area (Å²) in [5.41, 5.74) is 2.73. The average Bonchev–Trinajstić information content (AvgIpc) is 2.97. The number of carbonyl (C=O) groups is 1. The van der Waals surface area contributed by atoms with Gasteiger partial charge in [0.15, 0.2) is 5.17 Å². The smallest absolute Gasteiger partial charge is 0.270 e. The van der Waals surface area contributed by atoms with Gasteiger partial charge in [-0.05, 0) is 18.1 Å². The molecule has 0 aromatic heterocycles. The molecule has 0 bridgehead atoms. The normalized spacial score (nSPS) is 16.0. The number of non-ortho nitro benzene ring substituents is 1. The van der Waals surface area contributed by atoms with Gasteiger partial charge in [-0.25, -0.2) is 0 Å². The van der Waals surface area contributed by atoms with Crippen molar-refractivity contribution in [3.63, 3.8) is 0 Å². The molecule has 7 nitrogen and oxygen atoms in total. The number of benzene rings is 2. The lowest BCUT2D eigenvalue weighted by molar-refractivity contribution is -0.384. The Morgan fingerprint density at radius 2 is 2.08 bits per heavy atom. The lowest BCUT2D eigenvalue weighted by Crippen LogP contribution is -2.29. The van der Waals surface area contributed by atoms with E-state index in [-0.39, 0.29) is 11.6 Å². The molecule has 1 aliphatic rings. The number of rotatable bonds is 5. The first kappa shape index (κ1) is 17.8. The van der Waals surface area contributed by atoms with E-state index in [9.17, 15) is 14.9 Å². The lowest BCUT2D eigenvalue weighted by atomic mass is 10.1. The minimum absolute atomic E-state index is 0.00629. The molecule has 3 rings (SSSR count). The molecular formula is C18H16N4O3S. The Balaban J connectivity index is 1.76. The van der Waals surface area contributed by atoms with Crippen molar-refractivity contribution in [2.45, 2.75) is 13.5 Å². The van der Waals surface area contributed by atoms with Gasteiger partial charge in [0.05, 0.1) is 23.4 Å². The molecule has 0 spiro atoms. The van der Waals surface area contributed by atoms with Crippen LogP contribution in [0.5, 0.6) is 0 Å². The first-order valence-corrected chi connectivity index (χ1v) is 8.86. The van der Waals surface area contributed by atoms with E-state index in [4.69, 9.17) is 0 Å². The largest absolute Gasteiger partial charge is 0.285 e. The van der Waals surface area contributed by atoms with Gasteiger partial charge in [0.25, 0.3) is 5.69 Å². The maximum atomic E-state index is 12.2. The number of nitro groups is 1. The Bertz CT molecular complexity index is 911. The molecule has 0 unspecified atom stereocenters. The Kier molecular flexibility index (Phi) is 5.43. The van der Waals surface area contributed by atoms with E-state index in [1.54, 1.807) is 17.0 Å². The zero-order valence-corrected chi connectivity index (χ0v) is 14.8. The van der Waals surface area contributed by atoms with Crippen molar-refractivity contribution < 1.29 is 9.72 Å². The van der Waals surface area contributed by atoms with Crippen LogP contribution in [0.2, 0.25) is 0 Å². The van der Waals surface area contributed by atoms with Crippen molar-refractivity contribution in [3.8, 4) is 0 Å². The highest BCUT2D eigenvalue weighted by atomic mass is 32.2. The van der Waals surface area contributed by atoms with Gasteiger partial charge in [0.2, 0.25) is 5.91 Å². The van der Waals surface area contributed by atoms with Crippen LogP contribution in [-0.4, -0.2) is 32.9 Å². The van der Waals surface area contributed by atoms with E-state index in [2.05, 4.69) is 10.2 Å². The lowest BCUT2D eigenvalue weighted by Gasteiger charge is -2.16. The molecule has 1 saturated heterocycles. The summed E-state index contributed by atoms with van der Waals surface area (Å²) in [4.78, 5) is 24.1. The molecular weight excluding hydrogens is 352 g/mol. The molecule has 0 radical (unpaired) electrons. The van der Waals surface area contributed by atoms with Gasteiger partial charge in [-0.2, -0.15) is 5.10 Å². The molecule has 2 aromatic carbocycles. The van der Waals surface area contributed by atoms with Gasteiger partial charge in [-0.1, -0.05) is 48.2 Å². The fraction of sp³-hybridized carbons (Fsp3) is 0.167. The molecule has 0 N–H and O–H groups in total. The van der Waals surface area contributed by atoms with Gasteiger partial charge in [0, 0.05) is 17.7 Å². The molecule has 8 heteroatoms. The maximum Gasteiger partial charge on any atom is 0.270 e. The quantitative estimate of drug-likeness (QED) is 0.460. The standard InChI is InChI=1S/C18H16N4O3S/c1-13-5-2-3-7-15(13)11-21-17(23)12-26-18(21)20-19-10-14-6-4-8-16(9-14)22(24)25/h2-10H,11-12H2,1H3/b19-10+,20-18-. The highest BCUT2D eigenvalue weighted by molar-refractivity contribution is 8.15. The third-order valence-corrected chi connectivity index (χ3v) is 4.83. The van der Waals surface area contributed by atoms with E-state index < -0.39 is 4.92 Å². The van der Waals surface area contributed by atoms with E-state index >= 15 is 0 Å². The van der Waals surface area contributed by atoms with Gasteiger partial charge < -0.3 is 0 Å². The minimum atomic E-state index is -0.460. The predicted octanol–water partition coefficient (Wildman–Crippen LogP) is 3.37. The number of carbonyl (C=O) groups excluding carboxylic acids is 1. The molecule has 1 fully saturated rings. The number of nitro benzene ring substituents is 1. The van der Waals surface area contributed by atoms with Crippen LogP contribution in [0, 0.1) is 17.0 Å². The zero-order chi connectivity index (χ0) is 18.5. The topological polar surface area (TPSA) is 88.2 Å². The Morgan fingerprint density at radius 1 is 1.27 bits per heavy atom. The van der Waals surface area contributed by atoms with Crippen molar-refractivity contribution in [2.24, 2.45) is 10.2 Å². The fourth-order valence-corrected chi connectivity index (χ4v) is 3.28. The zero-order valence-electron chi connectivity index (χ0n) is 14.0. The highest BCUT2D eigenvalue weighted by Gasteiger charge is 2.28. The second kappa shape index (κ2) is 7.92. The number of aryl methyl sites for hydroxylation is 1. The number of amides is 1. The van der Waals surface area contributed by atoms with Crippen LogP contribution in [0.25, 0.3) is 0 Å². The Morgan fingerprint density at radius 3 is 2.85 bits per heavy atom. The van der Waals surface area contributed by atoms with E-state index in [0.29, 0.717) is 23.0 Å². The maximum absolute atomic E-state index is 12.2. The molecule has 132 valence electrons. The van der Waals surface area contributed by atoms with Gasteiger partial charge in [-0.15, -0.1) is 5.10 Å². The number of hydrogen-bond acceptors (Lipinski definition) is 6. The molecule has 2 aromatic rings. The first-order valence-electron chi connectivity index (χ1n) is 7.88. The summed E-state index contributed by atoms with van der Waals surface area (Å²) in [7, 11) is 0. The number of amidine groups is 1. The summed E-state index contributed by atoms with van der Waals surface area (Å²) < 4.78 is 0.